The van der Waals surface area contributed by atoms with Crippen molar-refractivity contribution in [3.63, 3.8) is 0 Å². The van der Waals surface area contributed by atoms with E-state index in [0.29, 0.717) is 18.2 Å². The molecule has 1 aromatic carbocycles. The molecule has 24 heavy (non-hydrogen) atoms. The van der Waals surface area contributed by atoms with Crippen LogP contribution in [0.15, 0.2) is 42.6 Å². The number of rotatable bonds is 4. The van der Waals surface area contributed by atoms with Crippen molar-refractivity contribution in [3.8, 4) is 11.3 Å². The van der Waals surface area contributed by atoms with E-state index in [-0.39, 0.29) is 0 Å². The Balaban J connectivity index is 1.76. The molecule has 0 amide bonds. The maximum Gasteiger partial charge on any atom is 0.416 e. The van der Waals surface area contributed by atoms with Crippen LogP contribution >= 0.6 is 0 Å². The van der Waals surface area contributed by atoms with Gasteiger partial charge in [0.05, 0.1) is 11.3 Å². The number of hydrogen-bond acceptors (Lipinski definition) is 2. The second-order valence-corrected chi connectivity index (χ2v) is 6.30. The quantitative estimate of drug-likeness (QED) is 0.832. The molecule has 1 aliphatic carbocycles. The summed E-state index contributed by atoms with van der Waals surface area (Å²) in [6.07, 6.45) is 3.58. The summed E-state index contributed by atoms with van der Waals surface area (Å²) in [5.41, 5.74) is 1.84. The van der Waals surface area contributed by atoms with Crippen LogP contribution in [0.3, 0.4) is 0 Å². The summed E-state index contributed by atoms with van der Waals surface area (Å²) in [6.45, 7) is 0.689. The van der Waals surface area contributed by atoms with Crippen LogP contribution in [0.2, 0.25) is 0 Å². The fraction of sp³-hybridized carbons (Fsp3) is 0.421. The Labute approximate surface area is 140 Å². The van der Waals surface area contributed by atoms with Crippen LogP contribution in [0.5, 0.6) is 0 Å². The third-order valence-corrected chi connectivity index (χ3v) is 4.56. The second kappa shape index (κ2) is 7.34. The summed E-state index contributed by atoms with van der Waals surface area (Å²) in [4.78, 5) is 4.38. The minimum atomic E-state index is -4.31. The third kappa shape index (κ3) is 4.15. The lowest BCUT2D eigenvalue weighted by molar-refractivity contribution is -0.137. The van der Waals surface area contributed by atoms with Gasteiger partial charge in [-0.05, 0) is 36.6 Å². The summed E-state index contributed by atoms with van der Waals surface area (Å²) in [5, 5.41) is 3.56. The number of halogens is 3. The van der Waals surface area contributed by atoms with Crippen LogP contribution in [-0.4, -0.2) is 11.0 Å². The summed E-state index contributed by atoms with van der Waals surface area (Å²) >= 11 is 0. The summed E-state index contributed by atoms with van der Waals surface area (Å²) in [7, 11) is 0. The molecule has 0 saturated heterocycles. The van der Waals surface area contributed by atoms with Gasteiger partial charge in [-0.25, -0.2) is 0 Å². The van der Waals surface area contributed by atoms with Crippen LogP contribution in [-0.2, 0) is 12.7 Å². The fourth-order valence-electron chi connectivity index (χ4n) is 3.22. The maximum absolute atomic E-state index is 12.7. The first-order valence-electron chi connectivity index (χ1n) is 8.39. The van der Waals surface area contributed by atoms with E-state index >= 15 is 0 Å². The van der Waals surface area contributed by atoms with Crippen LogP contribution in [0, 0.1) is 0 Å². The molecule has 0 unspecified atom stereocenters. The first-order valence-corrected chi connectivity index (χ1v) is 8.39. The average Bonchev–Trinajstić information content (AvgIpc) is 2.60. The number of aromatic nitrogens is 1. The highest BCUT2D eigenvalue weighted by atomic mass is 19.4. The van der Waals surface area contributed by atoms with Gasteiger partial charge in [0.1, 0.15) is 0 Å². The van der Waals surface area contributed by atoms with Gasteiger partial charge in [-0.15, -0.1) is 0 Å². The van der Waals surface area contributed by atoms with E-state index in [1.807, 2.05) is 12.1 Å². The maximum atomic E-state index is 12.7. The van der Waals surface area contributed by atoms with Crippen LogP contribution in [0.1, 0.15) is 43.2 Å². The highest BCUT2D eigenvalue weighted by Crippen LogP contribution is 2.31. The fourth-order valence-corrected chi connectivity index (χ4v) is 3.22. The standard InChI is InChI=1S/C19H21F3N2/c20-19(21,22)16-10-8-14(9-11-16)18-15(5-4-12-23-18)13-24-17-6-2-1-3-7-17/h4-5,8-12,17,24H,1-3,6-7,13H2. The number of alkyl halides is 3. The molecule has 1 N–H and O–H groups in total. The summed E-state index contributed by atoms with van der Waals surface area (Å²) in [5.74, 6) is 0. The van der Waals surface area contributed by atoms with Crippen molar-refractivity contribution in [1.82, 2.24) is 10.3 Å². The van der Waals surface area contributed by atoms with E-state index in [1.165, 1.54) is 44.2 Å². The van der Waals surface area contributed by atoms with Crippen molar-refractivity contribution < 1.29 is 13.2 Å². The van der Waals surface area contributed by atoms with Crippen LogP contribution in [0.4, 0.5) is 13.2 Å². The monoisotopic (exact) mass is 334 g/mol. The van der Waals surface area contributed by atoms with Crippen molar-refractivity contribution in [2.45, 2.75) is 50.9 Å². The molecule has 2 aromatic rings. The van der Waals surface area contributed by atoms with Crippen molar-refractivity contribution in [1.29, 1.82) is 0 Å². The first kappa shape index (κ1) is 17.0. The summed E-state index contributed by atoms with van der Waals surface area (Å²) in [6, 6.07) is 9.59. The molecule has 1 saturated carbocycles. The molecule has 1 aromatic heterocycles. The Bertz CT molecular complexity index is 659. The lowest BCUT2D eigenvalue weighted by atomic mass is 9.95. The number of hydrogen-bond donors (Lipinski definition) is 1. The number of pyridine rings is 1. The van der Waals surface area contributed by atoms with E-state index in [0.717, 1.165) is 23.4 Å². The molecule has 0 spiro atoms. The lowest BCUT2D eigenvalue weighted by Crippen LogP contribution is -2.30. The molecule has 0 aliphatic heterocycles. The molecule has 0 atom stereocenters. The largest absolute Gasteiger partial charge is 0.416 e. The Kier molecular flexibility index (Phi) is 5.19. The highest BCUT2D eigenvalue weighted by molar-refractivity contribution is 5.63. The second-order valence-electron chi connectivity index (χ2n) is 6.30. The van der Waals surface area contributed by atoms with Crippen molar-refractivity contribution in [3.05, 3.63) is 53.7 Å². The normalized spacial score (nSPS) is 16.3. The van der Waals surface area contributed by atoms with Crippen molar-refractivity contribution in [2.75, 3.05) is 0 Å². The van der Waals surface area contributed by atoms with Crippen LogP contribution < -0.4 is 5.32 Å². The molecular weight excluding hydrogens is 313 g/mol. The van der Waals surface area contributed by atoms with Gasteiger partial charge in [-0.2, -0.15) is 13.2 Å². The van der Waals surface area contributed by atoms with E-state index < -0.39 is 11.7 Å². The Hall–Kier alpha value is -1.88. The predicted molar refractivity (Wildman–Crippen MR) is 88.4 cm³/mol. The first-order chi connectivity index (χ1) is 11.5. The van der Waals surface area contributed by atoms with Crippen LogP contribution in [0.25, 0.3) is 11.3 Å². The molecule has 3 rings (SSSR count). The van der Waals surface area contributed by atoms with Gasteiger partial charge in [-0.3, -0.25) is 4.98 Å². The van der Waals surface area contributed by atoms with Gasteiger partial charge < -0.3 is 5.32 Å². The minimum absolute atomic E-state index is 0.527. The molecule has 128 valence electrons. The Morgan fingerprint density at radius 3 is 2.38 bits per heavy atom. The molecule has 0 bridgehead atoms. The Morgan fingerprint density at radius 1 is 1.00 bits per heavy atom. The molecule has 0 radical (unpaired) electrons. The zero-order valence-electron chi connectivity index (χ0n) is 13.4. The smallest absolute Gasteiger partial charge is 0.310 e. The Morgan fingerprint density at radius 2 is 1.71 bits per heavy atom. The van der Waals surface area contributed by atoms with Gasteiger partial charge in [0, 0.05) is 24.3 Å². The van der Waals surface area contributed by atoms with Gasteiger partial charge in [0.15, 0.2) is 0 Å². The minimum Gasteiger partial charge on any atom is -0.310 e. The summed E-state index contributed by atoms with van der Waals surface area (Å²) < 4.78 is 38.1. The molecule has 1 fully saturated rings. The van der Waals surface area contributed by atoms with Gasteiger partial charge in [0.2, 0.25) is 0 Å². The van der Waals surface area contributed by atoms with E-state index in [4.69, 9.17) is 0 Å². The zero-order valence-corrected chi connectivity index (χ0v) is 13.4. The average molecular weight is 334 g/mol. The molecular formula is C19H21F3N2. The number of benzene rings is 1. The highest BCUT2D eigenvalue weighted by Gasteiger charge is 2.30. The molecule has 1 aliphatic rings. The SMILES string of the molecule is FC(F)(F)c1ccc(-c2ncccc2CNC2CCCCC2)cc1. The van der Waals surface area contributed by atoms with E-state index in [2.05, 4.69) is 10.3 Å². The van der Waals surface area contributed by atoms with Gasteiger partial charge in [-0.1, -0.05) is 37.5 Å². The van der Waals surface area contributed by atoms with Crippen molar-refractivity contribution >= 4 is 0 Å². The third-order valence-electron chi connectivity index (χ3n) is 4.56. The van der Waals surface area contributed by atoms with E-state index in [1.54, 1.807) is 6.20 Å². The van der Waals surface area contributed by atoms with Gasteiger partial charge >= 0.3 is 6.18 Å². The number of nitrogens with one attached hydrogen (secondary N) is 1. The molecule has 2 nitrogen and oxygen atoms in total. The zero-order chi connectivity index (χ0) is 17.0. The topological polar surface area (TPSA) is 24.9 Å². The van der Waals surface area contributed by atoms with Gasteiger partial charge in [0.25, 0.3) is 0 Å². The predicted octanol–water partition coefficient (Wildman–Crippen LogP) is 5.19. The number of nitrogens with zero attached hydrogens (tertiary/aromatic N) is 1. The lowest BCUT2D eigenvalue weighted by Gasteiger charge is -2.23. The van der Waals surface area contributed by atoms with Crippen molar-refractivity contribution in [2.24, 2.45) is 0 Å². The molecule has 5 heteroatoms. The molecule has 1 heterocycles. The van der Waals surface area contributed by atoms with E-state index in [9.17, 15) is 13.2 Å².